The zero-order valence-corrected chi connectivity index (χ0v) is 12.2. The summed E-state index contributed by atoms with van der Waals surface area (Å²) in [5, 5.41) is 0. The van der Waals surface area contributed by atoms with E-state index in [1.807, 2.05) is 32.0 Å². The van der Waals surface area contributed by atoms with Crippen molar-refractivity contribution in [3.05, 3.63) is 58.9 Å². The maximum absolute atomic E-state index is 13.4. The Kier molecular flexibility index (Phi) is 3.81. The fourth-order valence-corrected chi connectivity index (χ4v) is 3.61. The highest BCUT2D eigenvalue weighted by Gasteiger charge is 2.19. The summed E-state index contributed by atoms with van der Waals surface area (Å²) in [5.74, 6) is -0.859. The Morgan fingerprint density at radius 1 is 1.10 bits per heavy atom. The molecule has 2 N–H and O–H groups in total. The zero-order chi connectivity index (χ0) is 14.9. The second kappa shape index (κ2) is 5.25. The van der Waals surface area contributed by atoms with Crippen molar-refractivity contribution in [2.45, 2.75) is 24.5 Å². The van der Waals surface area contributed by atoms with Crippen molar-refractivity contribution in [3.63, 3.8) is 0 Å². The number of aryl methyl sites for hydroxylation is 2. The van der Waals surface area contributed by atoms with Crippen LogP contribution < -0.4 is 5.73 Å². The van der Waals surface area contributed by atoms with Crippen molar-refractivity contribution < 1.29 is 12.8 Å². The van der Waals surface area contributed by atoms with Gasteiger partial charge in [0.2, 0.25) is 0 Å². The Balaban J connectivity index is 2.43. The fourth-order valence-electron chi connectivity index (χ4n) is 2.05. The molecule has 0 aliphatic rings. The van der Waals surface area contributed by atoms with Crippen molar-refractivity contribution in [2.75, 3.05) is 5.73 Å². The van der Waals surface area contributed by atoms with E-state index in [9.17, 15) is 12.8 Å². The molecule has 0 aliphatic carbocycles. The number of nitrogen functional groups attached to an aromatic ring is 1. The average molecular weight is 293 g/mol. The Bertz CT molecular complexity index is 734. The summed E-state index contributed by atoms with van der Waals surface area (Å²) in [4.78, 5) is -0.0492. The molecular formula is C15H16FNO2S. The molecule has 0 atom stereocenters. The van der Waals surface area contributed by atoms with E-state index in [-0.39, 0.29) is 16.3 Å². The molecule has 0 radical (unpaired) electrons. The highest BCUT2D eigenvalue weighted by molar-refractivity contribution is 7.90. The summed E-state index contributed by atoms with van der Waals surface area (Å²) < 4.78 is 38.1. The first kappa shape index (κ1) is 14.5. The molecule has 20 heavy (non-hydrogen) atoms. The van der Waals surface area contributed by atoms with Gasteiger partial charge in [-0.2, -0.15) is 0 Å². The number of halogens is 1. The lowest BCUT2D eigenvalue weighted by Crippen LogP contribution is -2.08. The van der Waals surface area contributed by atoms with Gasteiger partial charge in [-0.15, -0.1) is 0 Å². The van der Waals surface area contributed by atoms with Crippen molar-refractivity contribution >= 4 is 15.5 Å². The highest BCUT2D eigenvalue weighted by atomic mass is 32.2. The Morgan fingerprint density at radius 3 is 2.25 bits per heavy atom. The van der Waals surface area contributed by atoms with Crippen molar-refractivity contribution in [1.82, 2.24) is 0 Å². The third kappa shape index (κ3) is 2.82. The fraction of sp³-hybridized carbons (Fsp3) is 0.200. The monoisotopic (exact) mass is 293 g/mol. The van der Waals surface area contributed by atoms with Crippen LogP contribution in [-0.4, -0.2) is 8.42 Å². The molecule has 0 fully saturated rings. The topological polar surface area (TPSA) is 60.2 Å². The number of hydrogen-bond donors (Lipinski definition) is 1. The lowest BCUT2D eigenvalue weighted by molar-refractivity contribution is 0.590. The van der Waals surface area contributed by atoms with Gasteiger partial charge in [-0.05, 0) is 48.7 Å². The van der Waals surface area contributed by atoms with Crippen LogP contribution in [0.4, 0.5) is 10.1 Å². The lowest BCUT2D eigenvalue weighted by Gasteiger charge is -2.11. The molecule has 0 amide bonds. The van der Waals surface area contributed by atoms with E-state index in [1.165, 1.54) is 12.1 Å². The number of hydrogen-bond acceptors (Lipinski definition) is 3. The van der Waals surface area contributed by atoms with Gasteiger partial charge in [-0.25, -0.2) is 12.8 Å². The van der Waals surface area contributed by atoms with Gasteiger partial charge in [0.25, 0.3) is 0 Å². The van der Waals surface area contributed by atoms with Crippen molar-refractivity contribution in [2.24, 2.45) is 0 Å². The first-order valence-electron chi connectivity index (χ1n) is 6.14. The predicted octanol–water partition coefficient (Wildman–Crippen LogP) is 3.00. The summed E-state index contributed by atoms with van der Waals surface area (Å²) in [5.41, 5.74) is 7.87. The summed E-state index contributed by atoms with van der Waals surface area (Å²) in [6, 6.07) is 9.18. The first-order chi connectivity index (χ1) is 9.31. The second-order valence-corrected chi connectivity index (χ2v) is 6.80. The molecular weight excluding hydrogens is 277 g/mol. The summed E-state index contributed by atoms with van der Waals surface area (Å²) in [6.45, 7) is 3.73. The van der Waals surface area contributed by atoms with Gasteiger partial charge in [-0.3, -0.25) is 0 Å². The molecule has 2 aromatic rings. The zero-order valence-electron chi connectivity index (χ0n) is 11.4. The van der Waals surface area contributed by atoms with Crippen molar-refractivity contribution in [1.29, 1.82) is 0 Å². The molecule has 0 aromatic heterocycles. The van der Waals surface area contributed by atoms with Gasteiger partial charge in [0.05, 0.1) is 16.3 Å². The third-order valence-electron chi connectivity index (χ3n) is 3.31. The van der Waals surface area contributed by atoms with E-state index >= 15 is 0 Å². The predicted molar refractivity (Wildman–Crippen MR) is 77.6 cm³/mol. The largest absolute Gasteiger partial charge is 0.396 e. The molecule has 5 heteroatoms. The molecule has 0 bridgehead atoms. The van der Waals surface area contributed by atoms with Crippen LogP contribution in [0.3, 0.4) is 0 Å². The van der Waals surface area contributed by atoms with Gasteiger partial charge in [-0.1, -0.05) is 18.2 Å². The third-order valence-corrected chi connectivity index (χ3v) is 4.95. The minimum absolute atomic E-state index is 0.0492. The van der Waals surface area contributed by atoms with Gasteiger partial charge in [0.1, 0.15) is 5.82 Å². The van der Waals surface area contributed by atoms with E-state index in [1.54, 1.807) is 0 Å². The van der Waals surface area contributed by atoms with Crippen LogP contribution >= 0.6 is 0 Å². The smallest absolute Gasteiger partial charge is 0.182 e. The number of rotatable bonds is 3. The Labute approximate surface area is 118 Å². The van der Waals surface area contributed by atoms with Crippen LogP contribution in [0, 0.1) is 19.7 Å². The van der Waals surface area contributed by atoms with E-state index in [2.05, 4.69) is 0 Å². The molecule has 0 saturated carbocycles. The van der Waals surface area contributed by atoms with Gasteiger partial charge < -0.3 is 5.73 Å². The molecule has 0 spiro atoms. The van der Waals surface area contributed by atoms with Crippen LogP contribution in [0.25, 0.3) is 0 Å². The first-order valence-corrected chi connectivity index (χ1v) is 7.79. The summed E-state index contributed by atoms with van der Waals surface area (Å²) >= 11 is 0. The average Bonchev–Trinajstić information content (AvgIpc) is 2.37. The number of sulfone groups is 1. The maximum atomic E-state index is 13.4. The molecule has 0 unspecified atom stereocenters. The van der Waals surface area contributed by atoms with E-state index in [0.29, 0.717) is 0 Å². The maximum Gasteiger partial charge on any atom is 0.182 e. The van der Waals surface area contributed by atoms with E-state index < -0.39 is 15.7 Å². The molecule has 2 rings (SSSR count). The summed E-state index contributed by atoms with van der Waals surface area (Å²) in [6.07, 6.45) is 0. The molecule has 106 valence electrons. The van der Waals surface area contributed by atoms with E-state index in [4.69, 9.17) is 5.73 Å². The number of nitrogens with two attached hydrogens (primary N) is 1. The van der Waals surface area contributed by atoms with E-state index in [0.717, 1.165) is 22.8 Å². The normalized spacial score (nSPS) is 11.6. The Morgan fingerprint density at radius 2 is 1.70 bits per heavy atom. The minimum atomic E-state index is -3.59. The highest BCUT2D eigenvalue weighted by Crippen LogP contribution is 2.23. The van der Waals surface area contributed by atoms with Crippen LogP contribution in [0.2, 0.25) is 0 Å². The second-order valence-electron chi connectivity index (χ2n) is 4.81. The standard InChI is InChI=1S/C15H16FNO2S/c1-10-4-3-5-11(2)13(10)9-20(18,19)12-6-7-15(17)14(16)8-12/h3-8H,9,17H2,1-2H3. The molecule has 0 heterocycles. The van der Waals surface area contributed by atoms with Crippen LogP contribution in [0.15, 0.2) is 41.3 Å². The number of anilines is 1. The van der Waals surface area contributed by atoms with Gasteiger partial charge in [0, 0.05) is 0 Å². The van der Waals surface area contributed by atoms with Gasteiger partial charge in [0.15, 0.2) is 9.84 Å². The van der Waals surface area contributed by atoms with Crippen molar-refractivity contribution in [3.8, 4) is 0 Å². The Hall–Kier alpha value is -1.88. The molecule has 0 aliphatic heterocycles. The van der Waals surface area contributed by atoms with Crippen LogP contribution in [-0.2, 0) is 15.6 Å². The molecule has 3 nitrogen and oxygen atoms in total. The quantitative estimate of drug-likeness (QED) is 0.885. The minimum Gasteiger partial charge on any atom is -0.396 e. The lowest BCUT2D eigenvalue weighted by atomic mass is 10.1. The number of benzene rings is 2. The SMILES string of the molecule is Cc1cccc(C)c1CS(=O)(=O)c1ccc(N)c(F)c1. The molecule has 0 saturated heterocycles. The molecule has 2 aromatic carbocycles. The van der Waals surface area contributed by atoms with Crippen LogP contribution in [0.5, 0.6) is 0 Å². The van der Waals surface area contributed by atoms with Crippen LogP contribution in [0.1, 0.15) is 16.7 Å². The summed E-state index contributed by atoms with van der Waals surface area (Å²) in [7, 11) is -3.59. The van der Waals surface area contributed by atoms with Gasteiger partial charge >= 0.3 is 0 Å².